The number of carbonyl (C=O) groups is 2. The molecule has 1 aliphatic rings. The van der Waals surface area contributed by atoms with Crippen LogP contribution in [0.3, 0.4) is 0 Å². The van der Waals surface area contributed by atoms with Crippen molar-refractivity contribution < 1.29 is 14.7 Å². The van der Waals surface area contributed by atoms with E-state index in [-0.39, 0.29) is 24.5 Å². The van der Waals surface area contributed by atoms with Crippen molar-refractivity contribution in [1.29, 1.82) is 0 Å². The molecule has 0 unspecified atom stereocenters. The molecule has 1 aliphatic carbocycles. The highest BCUT2D eigenvalue weighted by Crippen LogP contribution is 2.27. The molecule has 120 valence electrons. The molecule has 0 atom stereocenters. The van der Waals surface area contributed by atoms with Gasteiger partial charge in [0.05, 0.1) is 11.6 Å². The van der Waals surface area contributed by atoms with Gasteiger partial charge >= 0.3 is 5.97 Å². The topological polar surface area (TPSA) is 69.6 Å². The minimum absolute atomic E-state index is 0.0458. The Bertz CT molecular complexity index is 576. The van der Waals surface area contributed by atoms with Gasteiger partial charge in [0.25, 0.3) is 5.91 Å². The summed E-state index contributed by atoms with van der Waals surface area (Å²) in [5.74, 6) is -0.974. The summed E-state index contributed by atoms with van der Waals surface area (Å²) in [6, 6.07) is 5.39. The SMILES string of the molecule is CCN(CC(=O)O)C1CC(NC(=O)c2ccc(Br)c(Cl)c2)C1. The molecular weight excluding hydrogens is 372 g/mol. The summed E-state index contributed by atoms with van der Waals surface area (Å²) in [5, 5.41) is 12.3. The molecule has 1 saturated carbocycles. The number of carbonyl (C=O) groups excluding carboxylic acids is 1. The molecule has 7 heteroatoms. The molecule has 1 fully saturated rings. The second-order valence-corrected chi connectivity index (χ2v) is 6.64. The lowest BCUT2D eigenvalue weighted by atomic mass is 9.85. The lowest BCUT2D eigenvalue weighted by Crippen LogP contribution is -2.54. The van der Waals surface area contributed by atoms with E-state index >= 15 is 0 Å². The number of hydrogen-bond acceptors (Lipinski definition) is 3. The van der Waals surface area contributed by atoms with E-state index in [9.17, 15) is 9.59 Å². The third kappa shape index (κ3) is 4.21. The zero-order valence-corrected chi connectivity index (χ0v) is 14.5. The highest BCUT2D eigenvalue weighted by molar-refractivity contribution is 9.10. The first-order valence-corrected chi connectivity index (χ1v) is 8.29. The number of nitrogens with one attached hydrogen (secondary N) is 1. The van der Waals surface area contributed by atoms with Crippen LogP contribution < -0.4 is 5.32 Å². The molecule has 0 aromatic heterocycles. The third-order valence-electron chi connectivity index (χ3n) is 3.89. The first kappa shape index (κ1) is 17.2. The van der Waals surface area contributed by atoms with Crippen LogP contribution in [0.5, 0.6) is 0 Å². The molecule has 5 nitrogen and oxygen atoms in total. The quantitative estimate of drug-likeness (QED) is 0.785. The van der Waals surface area contributed by atoms with E-state index in [1.54, 1.807) is 18.2 Å². The van der Waals surface area contributed by atoms with Crippen LogP contribution in [0.25, 0.3) is 0 Å². The maximum Gasteiger partial charge on any atom is 0.317 e. The number of aliphatic carboxylic acids is 1. The van der Waals surface area contributed by atoms with Crippen molar-refractivity contribution in [2.45, 2.75) is 31.8 Å². The number of nitrogens with zero attached hydrogens (tertiary/aromatic N) is 1. The number of likely N-dealkylation sites (N-methyl/N-ethyl adjacent to an activating group) is 1. The molecular formula is C15H18BrClN2O3. The van der Waals surface area contributed by atoms with E-state index < -0.39 is 5.97 Å². The van der Waals surface area contributed by atoms with Crippen molar-refractivity contribution in [3.05, 3.63) is 33.3 Å². The summed E-state index contributed by atoms with van der Waals surface area (Å²) < 4.78 is 0.752. The van der Waals surface area contributed by atoms with Crippen molar-refractivity contribution in [2.24, 2.45) is 0 Å². The zero-order chi connectivity index (χ0) is 16.3. The highest BCUT2D eigenvalue weighted by Gasteiger charge is 2.34. The summed E-state index contributed by atoms with van der Waals surface area (Å²) in [4.78, 5) is 24.8. The van der Waals surface area contributed by atoms with Gasteiger partial charge in [-0.05, 0) is 53.5 Å². The summed E-state index contributed by atoms with van der Waals surface area (Å²) in [6.45, 7) is 2.68. The minimum atomic E-state index is -0.821. The largest absolute Gasteiger partial charge is 0.480 e. The molecule has 2 rings (SSSR count). The van der Waals surface area contributed by atoms with Crippen LogP contribution in [-0.4, -0.2) is 47.1 Å². The lowest BCUT2D eigenvalue weighted by molar-refractivity contribution is -0.139. The Kier molecular flexibility index (Phi) is 5.83. The Morgan fingerprint density at radius 3 is 2.68 bits per heavy atom. The third-order valence-corrected chi connectivity index (χ3v) is 5.12. The lowest BCUT2D eigenvalue weighted by Gasteiger charge is -2.42. The Morgan fingerprint density at radius 1 is 1.45 bits per heavy atom. The van der Waals surface area contributed by atoms with E-state index in [2.05, 4.69) is 21.2 Å². The number of carboxylic acid groups (broad SMARTS) is 1. The van der Waals surface area contributed by atoms with E-state index in [0.29, 0.717) is 17.1 Å². The number of benzene rings is 1. The zero-order valence-electron chi connectivity index (χ0n) is 12.2. The van der Waals surface area contributed by atoms with Crippen LogP contribution in [0.4, 0.5) is 0 Å². The fourth-order valence-electron chi connectivity index (χ4n) is 2.58. The second kappa shape index (κ2) is 7.44. The second-order valence-electron chi connectivity index (χ2n) is 5.38. The van der Waals surface area contributed by atoms with Crippen LogP contribution >= 0.6 is 27.5 Å². The van der Waals surface area contributed by atoms with Gasteiger partial charge in [0.1, 0.15) is 0 Å². The Hall–Kier alpha value is -1.11. The molecule has 0 heterocycles. The Labute approximate surface area is 142 Å². The van der Waals surface area contributed by atoms with Gasteiger partial charge in [0.2, 0.25) is 0 Å². The van der Waals surface area contributed by atoms with E-state index in [1.165, 1.54) is 0 Å². The van der Waals surface area contributed by atoms with E-state index in [0.717, 1.165) is 17.3 Å². The maximum absolute atomic E-state index is 12.1. The Morgan fingerprint density at radius 2 is 2.14 bits per heavy atom. The van der Waals surface area contributed by atoms with Gasteiger partial charge in [-0.25, -0.2) is 0 Å². The fourth-order valence-corrected chi connectivity index (χ4v) is 3.01. The van der Waals surface area contributed by atoms with Crippen molar-refractivity contribution in [2.75, 3.05) is 13.1 Å². The number of halogens is 2. The molecule has 2 N–H and O–H groups in total. The average Bonchev–Trinajstić information content (AvgIpc) is 2.42. The Balaban J connectivity index is 1.85. The maximum atomic E-state index is 12.1. The van der Waals surface area contributed by atoms with Crippen molar-refractivity contribution >= 4 is 39.4 Å². The average molecular weight is 390 g/mol. The van der Waals surface area contributed by atoms with E-state index in [4.69, 9.17) is 16.7 Å². The molecule has 0 radical (unpaired) electrons. The van der Waals surface area contributed by atoms with Crippen molar-refractivity contribution in [3.8, 4) is 0 Å². The summed E-state index contributed by atoms with van der Waals surface area (Å²) >= 11 is 9.27. The van der Waals surface area contributed by atoms with Crippen LogP contribution in [0.2, 0.25) is 5.02 Å². The molecule has 1 amide bonds. The molecule has 0 aliphatic heterocycles. The standard InChI is InChI=1S/C15H18BrClN2O3/c1-2-19(8-14(20)21)11-6-10(7-11)18-15(22)9-3-4-12(16)13(17)5-9/h3-5,10-11H,2,6-8H2,1H3,(H,18,22)(H,20,21). The summed E-state index contributed by atoms with van der Waals surface area (Å²) in [7, 11) is 0. The molecule has 0 spiro atoms. The predicted molar refractivity (Wildman–Crippen MR) is 88.3 cm³/mol. The highest BCUT2D eigenvalue weighted by atomic mass is 79.9. The molecule has 0 bridgehead atoms. The molecule has 1 aromatic rings. The number of carboxylic acids is 1. The van der Waals surface area contributed by atoms with Gasteiger partial charge in [0.15, 0.2) is 0 Å². The normalized spacial score (nSPS) is 20.5. The van der Waals surface area contributed by atoms with Gasteiger partial charge in [-0.2, -0.15) is 0 Å². The first-order valence-electron chi connectivity index (χ1n) is 7.12. The van der Waals surface area contributed by atoms with Crippen LogP contribution in [0.1, 0.15) is 30.1 Å². The smallest absolute Gasteiger partial charge is 0.317 e. The van der Waals surface area contributed by atoms with Crippen molar-refractivity contribution in [3.63, 3.8) is 0 Å². The van der Waals surface area contributed by atoms with Gasteiger partial charge < -0.3 is 10.4 Å². The van der Waals surface area contributed by atoms with Gasteiger partial charge in [-0.1, -0.05) is 18.5 Å². The summed E-state index contributed by atoms with van der Waals surface area (Å²) in [6.07, 6.45) is 1.55. The summed E-state index contributed by atoms with van der Waals surface area (Å²) in [5.41, 5.74) is 0.523. The van der Waals surface area contributed by atoms with Crippen LogP contribution in [0, 0.1) is 0 Å². The van der Waals surface area contributed by atoms with Gasteiger partial charge in [-0.3, -0.25) is 14.5 Å². The fraction of sp³-hybridized carbons (Fsp3) is 0.467. The van der Waals surface area contributed by atoms with E-state index in [1.807, 2.05) is 11.8 Å². The number of rotatable bonds is 6. The first-order chi connectivity index (χ1) is 10.4. The van der Waals surface area contributed by atoms with Crippen molar-refractivity contribution in [1.82, 2.24) is 10.2 Å². The predicted octanol–water partition coefficient (Wildman–Crippen LogP) is 2.77. The monoisotopic (exact) mass is 388 g/mol. The van der Waals surface area contributed by atoms with Gasteiger partial charge in [-0.15, -0.1) is 0 Å². The molecule has 1 aromatic carbocycles. The van der Waals surface area contributed by atoms with Gasteiger partial charge in [0, 0.05) is 22.1 Å². The number of amides is 1. The van der Waals surface area contributed by atoms with Crippen LogP contribution in [-0.2, 0) is 4.79 Å². The number of hydrogen-bond donors (Lipinski definition) is 2. The molecule has 0 saturated heterocycles. The van der Waals surface area contributed by atoms with Crippen LogP contribution in [0.15, 0.2) is 22.7 Å². The molecule has 22 heavy (non-hydrogen) atoms. The minimum Gasteiger partial charge on any atom is -0.480 e.